The Labute approximate surface area is 120 Å². The van der Waals surface area contributed by atoms with Gasteiger partial charge in [0.2, 0.25) is 0 Å². The van der Waals surface area contributed by atoms with Gasteiger partial charge in [0.15, 0.2) is 0 Å². The van der Waals surface area contributed by atoms with Crippen LogP contribution in [0.3, 0.4) is 0 Å². The van der Waals surface area contributed by atoms with Crippen molar-refractivity contribution in [1.29, 1.82) is 0 Å². The lowest BCUT2D eigenvalue weighted by Crippen LogP contribution is -2.31. The first-order chi connectivity index (χ1) is 9.38. The van der Waals surface area contributed by atoms with E-state index in [1.54, 1.807) is 0 Å². The van der Waals surface area contributed by atoms with Crippen LogP contribution in [0.25, 0.3) is 0 Å². The van der Waals surface area contributed by atoms with E-state index in [9.17, 15) is 13.2 Å². The lowest BCUT2D eigenvalue weighted by molar-refractivity contribution is -0.174. The molecule has 0 aromatic carbocycles. The predicted molar refractivity (Wildman–Crippen MR) is 74.6 cm³/mol. The Morgan fingerprint density at radius 3 is 2.35 bits per heavy atom. The summed E-state index contributed by atoms with van der Waals surface area (Å²) in [4.78, 5) is 0. The minimum Gasteiger partial charge on any atom is -0.372 e. The molecule has 1 fully saturated rings. The SMILES string of the molecule is CC(C)CNCC(CCOCC(F)(F)F)C1CCCC1. The minimum atomic E-state index is -4.21. The van der Waals surface area contributed by atoms with Gasteiger partial charge < -0.3 is 10.1 Å². The van der Waals surface area contributed by atoms with Crippen molar-refractivity contribution in [3.05, 3.63) is 0 Å². The van der Waals surface area contributed by atoms with Crippen LogP contribution in [0.5, 0.6) is 0 Å². The summed E-state index contributed by atoms with van der Waals surface area (Å²) in [5, 5.41) is 3.44. The molecule has 1 saturated carbocycles. The maximum Gasteiger partial charge on any atom is 0.411 e. The topological polar surface area (TPSA) is 21.3 Å². The molecule has 0 aromatic heterocycles. The van der Waals surface area contributed by atoms with E-state index in [4.69, 9.17) is 4.74 Å². The van der Waals surface area contributed by atoms with E-state index in [1.807, 2.05) is 0 Å². The molecule has 0 bridgehead atoms. The second-order valence-electron chi connectivity index (χ2n) is 6.31. The number of nitrogens with one attached hydrogen (secondary N) is 1. The minimum absolute atomic E-state index is 0.212. The monoisotopic (exact) mass is 295 g/mol. The molecule has 0 spiro atoms. The summed E-state index contributed by atoms with van der Waals surface area (Å²) < 4.78 is 40.9. The van der Waals surface area contributed by atoms with Crippen LogP contribution in [0.4, 0.5) is 13.2 Å². The van der Waals surface area contributed by atoms with Gasteiger partial charge in [-0.2, -0.15) is 13.2 Å². The van der Waals surface area contributed by atoms with Crippen molar-refractivity contribution >= 4 is 0 Å². The van der Waals surface area contributed by atoms with Gasteiger partial charge in [-0.1, -0.05) is 39.5 Å². The third-order valence-electron chi connectivity index (χ3n) is 3.92. The molecule has 2 nitrogen and oxygen atoms in total. The Morgan fingerprint density at radius 1 is 1.15 bits per heavy atom. The number of halogens is 3. The van der Waals surface area contributed by atoms with Crippen molar-refractivity contribution in [2.75, 3.05) is 26.3 Å². The van der Waals surface area contributed by atoms with Gasteiger partial charge >= 0.3 is 6.18 Å². The first kappa shape index (κ1) is 17.8. The average molecular weight is 295 g/mol. The number of ether oxygens (including phenoxy) is 1. The number of alkyl halides is 3. The Kier molecular flexibility index (Phi) is 7.88. The Bertz CT molecular complexity index is 250. The molecule has 0 aromatic rings. The van der Waals surface area contributed by atoms with E-state index in [-0.39, 0.29) is 6.61 Å². The fourth-order valence-electron chi connectivity index (χ4n) is 2.91. The molecule has 0 amide bonds. The number of hydrogen-bond acceptors (Lipinski definition) is 2. The Balaban J connectivity index is 2.26. The lowest BCUT2D eigenvalue weighted by Gasteiger charge is -2.24. The number of rotatable bonds is 9. The lowest BCUT2D eigenvalue weighted by atomic mass is 9.88. The largest absolute Gasteiger partial charge is 0.411 e. The zero-order valence-corrected chi connectivity index (χ0v) is 12.6. The summed E-state index contributed by atoms with van der Waals surface area (Å²) in [6, 6.07) is 0. The predicted octanol–water partition coefficient (Wildman–Crippen LogP) is 4.01. The van der Waals surface area contributed by atoms with E-state index in [0.29, 0.717) is 17.8 Å². The Morgan fingerprint density at radius 2 is 1.80 bits per heavy atom. The molecule has 1 N–H and O–H groups in total. The van der Waals surface area contributed by atoms with Crippen LogP contribution in [0.1, 0.15) is 46.0 Å². The Hall–Kier alpha value is -0.290. The molecule has 1 rings (SSSR count). The average Bonchev–Trinajstić information content (AvgIpc) is 2.84. The van der Waals surface area contributed by atoms with E-state index >= 15 is 0 Å². The van der Waals surface area contributed by atoms with Gasteiger partial charge in [0.25, 0.3) is 0 Å². The van der Waals surface area contributed by atoms with E-state index in [1.165, 1.54) is 25.7 Å². The van der Waals surface area contributed by atoms with Crippen LogP contribution in [-0.4, -0.2) is 32.5 Å². The molecular formula is C15H28F3NO. The molecule has 0 saturated heterocycles. The summed E-state index contributed by atoms with van der Waals surface area (Å²) in [6.45, 7) is 5.27. The standard InChI is InChI=1S/C15H28F3NO/c1-12(2)9-19-10-14(13-5-3-4-6-13)7-8-20-11-15(16,17)18/h12-14,19H,3-11H2,1-2H3. The van der Waals surface area contributed by atoms with Gasteiger partial charge in [-0.25, -0.2) is 0 Å². The highest BCUT2D eigenvalue weighted by atomic mass is 19.4. The molecule has 120 valence electrons. The zero-order valence-electron chi connectivity index (χ0n) is 12.6. The van der Waals surface area contributed by atoms with Gasteiger partial charge in [0.1, 0.15) is 6.61 Å². The van der Waals surface area contributed by atoms with Crippen LogP contribution >= 0.6 is 0 Å². The fourth-order valence-corrected chi connectivity index (χ4v) is 2.91. The summed E-state index contributed by atoms with van der Waals surface area (Å²) >= 11 is 0. The van der Waals surface area contributed by atoms with Crippen LogP contribution in [0, 0.1) is 17.8 Å². The first-order valence-corrected chi connectivity index (χ1v) is 7.73. The van der Waals surface area contributed by atoms with Gasteiger partial charge in [0.05, 0.1) is 0 Å². The molecule has 1 atom stereocenters. The summed E-state index contributed by atoms with van der Waals surface area (Å²) in [5.74, 6) is 1.70. The van der Waals surface area contributed by atoms with Crippen molar-refractivity contribution in [3.63, 3.8) is 0 Å². The highest BCUT2D eigenvalue weighted by Gasteiger charge is 2.28. The smallest absolute Gasteiger partial charge is 0.372 e. The number of hydrogen-bond donors (Lipinski definition) is 1. The van der Waals surface area contributed by atoms with E-state index in [0.717, 1.165) is 19.5 Å². The molecule has 0 heterocycles. The first-order valence-electron chi connectivity index (χ1n) is 7.73. The zero-order chi connectivity index (χ0) is 15.0. The molecule has 1 aliphatic rings. The van der Waals surface area contributed by atoms with Crippen molar-refractivity contribution in [3.8, 4) is 0 Å². The maximum atomic E-state index is 12.0. The maximum absolute atomic E-state index is 12.0. The van der Waals surface area contributed by atoms with Crippen molar-refractivity contribution in [2.45, 2.75) is 52.1 Å². The van der Waals surface area contributed by atoms with Crippen LogP contribution in [-0.2, 0) is 4.74 Å². The van der Waals surface area contributed by atoms with Crippen molar-refractivity contribution in [1.82, 2.24) is 5.32 Å². The second-order valence-corrected chi connectivity index (χ2v) is 6.31. The second kappa shape index (κ2) is 8.88. The van der Waals surface area contributed by atoms with Crippen LogP contribution < -0.4 is 5.32 Å². The van der Waals surface area contributed by atoms with Gasteiger partial charge in [-0.05, 0) is 37.3 Å². The quantitative estimate of drug-likeness (QED) is 0.649. The van der Waals surface area contributed by atoms with Gasteiger partial charge in [0, 0.05) is 6.61 Å². The summed E-state index contributed by atoms with van der Waals surface area (Å²) in [5.41, 5.74) is 0. The van der Waals surface area contributed by atoms with E-state index < -0.39 is 12.8 Å². The molecule has 5 heteroatoms. The van der Waals surface area contributed by atoms with Crippen LogP contribution in [0.2, 0.25) is 0 Å². The highest BCUT2D eigenvalue weighted by Crippen LogP contribution is 2.33. The van der Waals surface area contributed by atoms with Gasteiger partial charge in [-0.3, -0.25) is 0 Å². The normalized spacial score (nSPS) is 18.9. The van der Waals surface area contributed by atoms with Gasteiger partial charge in [-0.15, -0.1) is 0 Å². The molecule has 0 radical (unpaired) electrons. The summed E-state index contributed by atoms with van der Waals surface area (Å²) in [6.07, 6.45) is 1.47. The molecule has 0 aliphatic heterocycles. The summed E-state index contributed by atoms with van der Waals surface area (Å²) in [7, 11) is 0. The molecule has 20 heavy (non-hydrogen) atoms. The van der Waals surface area contributed by atoms with Crippen molar-refractivity contribution in [2.24, 2.45) is 17.8 Å². The highest BCUT2D eigenvalue weighted by molar-refractivity contribution is 4.77. The third kappa shape index (κ3) is 8.10. The van der Waals surface area contributed by atoms with Crippen LogP contribution in [0.15, 0.2) is 0 Å². The molecule has 1 unspecified atom stereocenters. The van der Waals surface area contributed by atoms with E-state index in [2.05, 4.69) is 19.2 Å². The molecular weight excluding hydrogens is 267 g/mol. The third-order valence-corrected chi connectivity index (χ3v) is 3.92. The fraction of sp³-hybridized carbons (Fsp3) is 1.00. The van der Waals surface area contributed by atoms with Crippen molar-refractivity contribution < 1.29 is 17.9 Å². The molecule has 1 aliphatic carbocycles.